The monoisotopic (exact) mass is 581 g/mol. The van der Waals surface area contributed by atoms with E-state index in [0.29, 0.717) is 26.2 Å². The van der Waals surface area contributed by atoms with E-state index in [9.17, 15) is 19.5 Å². The number of carbonyl (C=O) groups excluding carboxylic acids is 3. The quantitative estimate of drug-likeness (QED) is 0.350. The molecule has 1 spiro atoms. The van der Waals surface area contributed by atoms with Crippen LogP contribution in [0, 0.1) is 11.8 Å². The first-order valence-corrected chi connectivity index (χ1v) is 15.8. The van der Waals surface area contributed by atoms with Crippen molar-refractivity contribution in [1.82, 2.24) is 9.80 Å². The van der Waals surface area contributed by atoms with Crippen LogP contribution in [0.3, 0.4) is 0 Å². The molecule has 1 N–H and O–H groups in total. The summed E-state index contributed by atoms with van der Waals surface area (Å²) in [6.45, 7) is 10.1. The number of amides is 3. The van der Waals surface area contributed by atoms with Gasteiger partial charge in [-0.2, -0.15) is 0 Å². The minimum atomic E-state index is -0.809. The number of aliphatic hydroxyl groups excluding tert-OH is 1. The summed E-state index contributed by atoms with van der Waals surface area (Å²) in [6.07, 6.45) is 11.4. The molecule has 8 nitrogen and oxygen atoms in total. The van der Waals surface area contributed by atoms with E-state index < -0.39 is 28.2 Å². The van der Waals surface area contributed by atoms with Gasteiger partial charge in [0.05, 0.1) is 23.2 Å². The van der Waals surface area contributed by atoms with Gasteiger partial charge in [-0.25, -0.2) is 0 Å². The molecule has 0 saturated carbocycles. The number of carbonyl (C=O) groups is 3. The van der Waals surface area contributed by atoms with Crippen molar-refractivity contribution in [2.45, 2.75) is 75.0 Å². The Morgan fingerprint density at radius 1 is 0.976 bits per heavy atom. The van der Waals surface area contributed by atoms with Crippen LogP contribution in [0.2, 0.25) is 0 Å². The second-order valence-corrected chi connectivity index (χ2v) is 13.8. The summed E-state index contributed by atoms with van der Waals surface area (Å²) < 4.78 is 4.78. The van der Waals surface area contributed by atoms with Crippen LogP contribution in [0.25, 0.3) is 0 Å². The summed E-state index contributed by atoms with van der Waals surface area (Å²) >= 11 is 1.62. The minimum absolute atomic E-state index is 0.0440. The second-order valence-electron chi connectivity index (χ2n) is 12.3. The van der Waals surface area contributed by atoms with E-state index in [1.807, 2.05) is 69.0 Å². The lowest BCUT2D eigenvalue weighted by molar-refractivity contribution is -0.145. The Bertz CT molecular complexity index is 1210. The van der Waals surface area contributed by atoms with E-state index in [-0.39, 0.29) is 29.6 Å². The normalized spacial score (nSPS) is 29.4. The number of rotatable bonds is 9. The SMILES string of the molecule is CCOc1ccc(N2CC=C[C@H]3S[C@]45C=CCN(C(C)(C)C)C(=O)C4N(CCCCCCO)C(=O)[C@@H]5[C@H]3C2=O)cc1. The van der Waals surface area contributed by atoms with Crippen LogP contribution < -0.4 is 9.64 Å². The fourth-order valence-corrected chi connectivity index (χ4v) is 8.86. The Kier molecular flexibility index (Phi) is 8.58. The highest BCUT2D eigenvalue weighted by Gasteiger charge is 2.71. The standard InChI is InChI=1S/C32H43N3O5S/c1-5-40-23-15-13-22(14-16-23)33-19-10-12-24-25(28(33)37)26-29(38)34(18-8-6-7-9-21-36)27-30(39)35(31(2,3)4)20-11-17-32(26,27)41-24/h10-17,24-27,36H,5-9,18-21H2,1-4H3/t24-,25+,26+,27?,32+/m1/s1. The van der Waals surface area contributed by atoms with Gasteiger partial charge in [-0.05, 0) is 64.8 Å². The average Bonchev–Trinajstić information content (AvgIpc) is 3.23. The number of aliphatic hydroxyl groups is 1. The maximum atomic E-state index is 14.4. The van der Waals surface area contributed by atoms with Gasteiger partial charge in [-0.15, -0.1) is 11.8 Å². The lowest BCUT2D eigenvalue weighted by atomic mass is 9.78. The molecule has 3 amide bonds. The summed E-state index contributed by atoms with van der Waals surface area (Å²) in [7, 11) is 0. The molecule has 1 aromatic carbocycles. The Morgan fingerprint density at radius 2 is 1.71 bits per heavy atom. The predicted molar refractivity (Wildman–Crippen MR) is 162 cm³/mol. The third kappa shape index (κ3) is 5.31. The Labute approximate surface area is 247 Å². The van der Waals surface area contributed by atoms with Crippen molar-refractivity contribution >= 4 is 35.2 Å². The number of unbranched alkanes of at least 4 members (excludes halogenated alkanes) is 3. The van der Waals surface area contributed by atoms with Gasteiger partial charge in [0.1, 0.15) is 11.8 Å². The zero-order chi connectivity index (χ0) is 29.4. The van der Waals surface area contributed by atoms with Gasteiger partial charge in [-0.3, -0.25) is 14.4 Å². The van der Waals surface area contributed by atoms with Crippen LogP contribution in [0.5, 0.6) is 5.75 Å². The zero-order valence-corrected chi connectivity index (χ0v) is 25.4. The molecule has 0 aromatic heterocycles. The van der Waals surface area contributed by atoms with E-state index >= 15 is 0 Å². The average molecular weight is 582 g/mol. The van der Waals surface area contributed by atoms with E-state index in [4.69, 9.17) is 4.74 Å². The molecule has 0 radical (unpaired) electrons. The number of hydrogen-bond acceptors (Lipinski definition) is 6. The summed E-state index contributed by atoms with van der Waals surface area (Å²) in [5.74, 6) is -0.665. The third-order valence-electron chi connectivity index (χ3n) is 8.74. The van der Waals surface area contributed by atoms with E-state index in [1.165, 1.54) is 0 Å². The zero-order valence-electron chi connectivity index (χ0n) is 24.6. The number of thioether (sulfide) groups is 1. The van der Waals surface area contributed by atoms with Gasteiger partial charge in [-0.1, -0.05) is 37.1 Å². The summed E-state index contributed by atoms with van der Waals surface area (Å²) in [5.41, 5.74) is 0.359. The maximum Gasteiger partial charge on any atom is 0.247 e. The molecule has 4 aliphatic heterocycles. The molecule has 2 fully saturated rings. The summed E-state index contributed by atoms with van der Waals surface area (Å²) in [6, 6.07) is 6.86. The van der Waals surface area contributed by atoms with Gasteiger partial charge in [0.15, 0.2) is 0 Å². The molecule has 0 aliphatic carbocycles. The van der Waals surface area contributed by atoms with Gasteiger partial charge in [0.2, 0.25) is 17.7 Å². The van der Waals surface area contributed by atoms with Crippen molar-refractivity contribution in [2.75, 3.05) is 37.7 Å². The highest BCUT2D eigenvalue weighted by molar-refractivity contribution is 8.02. The first-order chi connectivity index (χ1) is 19.6. The topological polar surface area (TPSA) is 90.4 Å². The van der Waals surface area contributed by atoms with Crippen molar-refractivity contribution < 1.29 is 24.2 Å². The lowest BCUT2D eigenvalue weighted by Gasteiger charge is -2.40. The van der Waals surface area contributed by atoms with Crippen LogP contribution in [-0.4, -0.2) is 87.1 Å². The Hall–Kier alpha value is -2.78. The maximum absolute atomic E-state index is 14.4. The predicted octanol–water partition coefficient (Wildman–Crippen LogP) is 4.04. The van der Waals surface area contributed by atoms with Crippen molar-refractivity contribution in [3.63, 3.8) is 0 Å². The van der Waals surface area contributed by atoms with Gasteiger partial charge in [0.25, 0.3) is 0 Å². The molecule has 5 rings (SSSR count). The molecule has 41 heavy (non-hydrogen) atoms. The number of ether oxygens (including phenoxy) is 1. The molecular weight excluding hydrogens is 538 g/mol. The first kappa shape index (κ1) is 29.7. The van der Waals surface area contributed by atoms with Gasteiger partial charge >= 0.3 is 0 Å². The number of benzene rings is 1. The van der Waals surface area contributed by atoms with Crippen LogP contribution >= 0.6 is 11.8 Å². The van der Waals surface area contributed by atoms with E-state index in [2.05, 4.69) is 12.2 Å². The van der Waals surface area contributed by atoms with Crippen molar-refractivity contribution in [2.24, 2.45) is 11.8 Å². The Morgan fingerprint density at radius 3 is 2.39 bits per heavy atom. The Balaban J connectivity index is 1.51. The molecule has 9 heteroatoms. The van der Waals surface area contributed by atoms with Gasteiger partial charge in [0, 0.05) is 42.7 Å². The third-order valence-corrected chi connectivity index (χ3v) is 10.5. The number of fused-ring (bicyclic) bond motifs is 2. The van der Waals surface area contributed by atoms with Crippen LogP contribution in [0.15, 0.2) is 48.6 Å². The molecule has 4 heterocycles. The number of likely N-dealkylation sites (tertiary alicyclic amines) is 1. The number of hydrogen-bond donors (Lipinski definition) is 1. The molecular formula is C32H43N3O5S. The summed E-state index contributed by atoms with van der Waals surface area (Å²) in [5, 5.41) is 8.98. The van der Waals surface area contributed by atoms with Crippen molar-refractivity contribution in [3.05, 3.63) is 48.6 Å². The first-order valence-electron chi connectivity index (χ1n) is 14.9. The van der Waals surface area contributed by atoms with Crippen molar-refractivity contribution in [3.8, 4) is 5.75 Å². The molecule has 4 aliphatic rings. The largest absolute Gasteiger partial charge is 0.494 e. The fourth-order valence-electron chi connectivity index (χ4n) is 6.85. The molecule has 222 valence electrons. The molecule has 5 atom stereocenters. The van der Waals surface area contributed by atoms with Crippen LogP contribution in [0.4, 0.5) is 5.69 Å². The lowest BCUT2D eigenvalue weighted by Crippen LogP contribution is -2.57. The van der Waals surface area contributed by atoms with Crippen LogP contribution in [0.1, 0.15) is 53.4 Å². The minimum Gasteiger partial charge on any atom is -0.494 e. The highest BCUT2D eigenvalue weighted by Crippen LogP contribution is 2.61. The highest BCUT2D eigenvalue weighted by atomic mass is 32.2. The van der Waals surface area contributed by atoms with Crippen LogP contribution in [-0.2, 0) is 14.4 Å². The fraction of sp³-hybridized carbons (Fsp3) is 0.594. The number of anilines is 1. The molecule has 0 bridgehead atoms. The second kappa shape index (κ2) is 11.8. The smallest absolute Gasteiger partial charge is 0.247 e. The number of nitrogens with zero attached hydrogens (tertiary/aromatic N) is 3. The van der Waals surface area contributed by atoms with Crippen molar-refractivity contribution in [1.29, 1.82) is 0 Å². The molecule has 1 unspecified atom stereocenters. The van der Waals surface area contributed by atoms with Gasteiger partial charge < -0.3 is 24.5 Å². The van der Waals surface area contributed by atoms with E-state index in [0.717, 1.165) is 37.1 Å². The molecule has 2 saturated heterocycles. The summed E-state index contributed by atoms with van der Waals surface area (Å²) in [4.78, 5) is 48.5. The van der Waals surface area contributed by atoms with E-state index in [1.54, 1.807) is 21.6 Å². The molecule has 1 aromatic rings.